The first-order valence-electron chi connectivity index (χ1n) is 11.6. The number of nitrogens with one attached hydrogen (secondary N) is 1. The molecule has 178 valence electrons. The summed E-state index contributed by atoms with van der Waals surface area (Å²) in [6, 6.07) is 18.0. The number of thiazole rings is 1. The van der Waals surface area contributed by atoms with Crippen molar-refractivity contribution in [3.63, 3.8) is 0 Å². The maximum atomic E-state index is 12.5. The maximum absolute atomic E-state index is 12.5. The summed E-state index contributed by atoms with van der Waals surface area (Å²) in [4.78, 5) is 33.6. The zero-order valence-corrected chi connectivity index (χ0v) is 20.2. The van der Waals surface area contributed by atoms with E-state index in [2.05, 4.69) is 27.3 Å². The molecule has 8 heteroatoms. The molecule has 3 aromatic rings. The highest BCUT2D eigenvalue weighted by Gasteiger charge is 2.21. The molecule has 2 heterocycles. The summed E-state index contributed by atoms with van der Waals surface area (Å²) in [5.74, 6) is 0.791. The molecule has 4 rings (SSSR count). The number of hydrogen-bond acceptors (Lipinski definition) is 6. The van der Waals surface area contributed by atoms with Crippen molar-refractivity contribution < 1.29 is 14.3 Å². The van der Waals surface area contributed by atoms with Crippen molar-refractivity contribution in [2.45, 2.75) is 19.8 Å². The monoisotopic (exact) mass is 478 g/mol. The van der Waals surface area contributed by atoms with Crippen LogP contribution in [0.15, 0.2) is 60.0 Å². The largest absolute Gasteiger partial charge is 0.494 e. The topological polar surface area (TPSA) is 74.8 Å². The number of hydrogen-bond donors (Lipinski definition) is 1. The molecule has 0 saturated carbocycles. The molecule has 1 aliphatic heterocycles. The second-order valence-corrected chi connectivity index (χ2v) is 8.94. The minimum atomic E-state index is -0.120. The Morgan fingerprint density at radius 3 is 2.47 bits per heavy atom. The van der Waals surface area contributed by atoms with Crippen molar-refractivity contribution in [1.29, 1.82) is 0 Å². The predicted molar refractivity (Wildman–Crippen MR) is 135 cm³/mol. The third kappa shape index (κ3) is 6.35. The van der Waals surface area contributed by atoms with Gasteiger partial charge in [-0.2, -0.15) is 0 Å². The lowest BCUT2D eigenvalue weighted by Crippen LogP contribution is -2.49. The Hall–Kier alpha value is -3.39. The fraction of sp³-hybridized carbons (Fsp3) is 0.346. The Morgan fingerprint density at radius 1 is 1.03 bits per heavy atom. The van der Waals surface area contributed by atoms with Crippen LogP contribution in [0, 0.1) is 0 Å². The number of rotatable bonds is 9. The SMILES string of the molecule is CCOc1ccc(-c2nc(CC(=O)NCCC(=O)N3CCN(c4ccccc4)CC3)cs2)cc1. The van der Waals surface area contributed by atoms with Gasteiger partial charge >= 0.3 is 0 Å². The standard InChI is InChI=1S/C26H30N4O3S/c1-2-33-23-10-8-20(9-11-23)26-28-21(19-34-26)18-24(31)27-13-12-25(32)30-16-14-29(15-17-30)22-6-4-3-5-7-22/h3-11,19H,2,12-18H2,1H3,(H,27,31). The van der Waals surface area contributed by atoms with Crippen molar-refractivity contribution in [2.75, 3.05) is 44.2 Å². The number of aromatic nitrogens is 1. The Balaban J connectivity index is 1.17. The van der Waals surface area contributed by atoms with E-state index in [0.717, 1.165) is 35.1 Å². The Kier molecular flexibility index (Phi) is 8.14. The lowest BCUT2D eigenvalue weighted by atomic mass is 10.2. The van der Waals surface area contributed by atoms with E-state index in [4.69, 9.17) is 4.74 Å². The van der Waals surface area contributed by atoms with Crippen molar-refractivity contribution in [3.05, 3.63) is 65.7 Å². The normalized spacial score (nSPS) is 13.6. The quantitative estimate of drug-likeness (QED) is 0.509. The molecule has 0 bridgehead atoms. The van der Waals surface area contributed by atoms with E-state index in [0.29, 0.717) is 32.7 Å². The molecule has 0 spiro atoms. The first-order valence-corrected chi connectivity index (χ1v) is 12.5. The third-order valence-electron chi connectivity index (χ3n) is 5.72. The summed E-state index contributed by atoms with van der Waals surface area (Å²) in [6.07, 6.45) is 0.517. The van der Waals surface area contributed by atoms with Gasteiger partial charge in [0.05, 0.1) is 18.7 Å². The molecule has 2 aromatic carbocycles. The van der Waals surface area contributed by atoms with Gasteiger partial charge in [-0.1, -0.05) is 18.2 Å². The highest BCUT2D eigenvalue weighted by atomic mass is 32.1. The summed E-state index contributed by atoms with van der Waals surface area (Å²) < 4.78 is 5.47. The third-order valence-corrected chi connectivity index (χ3v) is 6.66. The average molecular weight is 479 g/mol. The van der Waals surface area contributed by atoms with Gasteiger partial charge in [0.15, 0.2) is 0 Å². The van der Waals surface area contributed by atoms with E-state index in [1.165, 1.54) is 17.0 Å². The molecule has 1 aliphatic rings. The van der Waals surface area contributed by atoms with Crippen molar-refractivity contribution >= 4 is 28.8 Å². The van der Waals surface area contributed by atoms with Crippen LogP contribution in [-0.2, 0) is 16.0 Å². The van der Waals surface area contributed by atoms with Gasteiger partial charge in [0.1, 0.15) is 10.8 Å². The number of ether oxygens (including phenoxy) is 1. The van der Waals surface area contributed by atoms with Gasteiger partial charge in [-0.15, -0.1) is 11.3 Å². The Morgan fingerprint density at radius 2 is 1.76 bits per heavy atom. The minimum Gasteiger partial charge on any atom is -0.494 e. The van der Waals surface area contributed by atoms with E-state index in [1.807, 2.05) is 59.7 Å². The molecule has 7 nitrogen and oxygen atoms in total. The van der Waals surface area contributed by atoms with Crippen molar-refractivity contribution in [3.8, 4) is 16.3 Å². The summed E-state index contributed by atoms with van der Waals surface area (Å²) >= 11 is 1.51. The minimum absolute atomic E-state index is 0.0828. The summed E-state index contributed by atoms with van der Waals surface area (Å²) in [7, 11) is 0. The summed E-state index contributed by atoms with van der Waals surface area (Å²) in [6.45, 7) is 5.98. The lowest BCUT2D eigenvalue weighted by Gasteiger charge is -2.36. The van der Waals surface area contributed by atoms with E-state index < -0.39 is 0 Å². The molecule has 1 aromatic heterocycles. The van der Waals surface area contributed by atoms with Crippen LogP contribution >= 0.6 is 11.3 Å². The molecule has 1 fully saturated rings. The van der Waals surface area contributed by atoms with E-state index in [9.17, 15) is 9.59 Å². The van der Waals surface area contributed by atoms with Gasteiger partial charge in [-0.3, -0.25) is 9.59 Å². The average Bonchev–Trinajstić information content (AvgIpc) is 3.33. The zero-order chi connectivity index (χ0) is 23.8. The number of nitrogens with zero attached hydrogens (tertiary/aromatic N) is 3. The van der Waals surface area contributed by atoms with Crippen LogP contribution in [0.5, 0.6) is 5.75 Å². The van der Waals surface area contributed by atoms with Gasteiger partial charge in [-0.05, 0) is 43.3 Å². The second-order valence-electron chi connectivity index (χ2n) is 8.08. The van der Waals surface area contributed by atoms with E-state index in [-0.39, 0.29) is 18.2 Å². The first-order chi connectivity index (χ1) is 16.6. The van der Waals surface area contributed by atoms with E-state index in [1.54, 1.807) is 0 Å². The number of para-hydroxylation sites is 1. The molecule has 1 N–H and O–H groups in total. The smallest absolute Gasteiger partial charge is 0.226 e. The van der Waals surface area contributed by atoms with Gasteiger partial charge in [0.2, 0.25) is 11.8 Å². The summed E-state index contributed by atoms with van der Waals surface area (Å²) in [5, 5.41) is 5.63. The fourth-order valence-corrected chi connectivity index (χ4v) is 4.75. The maximum Gasteiger partial charge on any atom is 0.226 e. The number of carbonyl (C=O) groups is 2. The van der Waals surface area contributed by atoms with E-state index >= 15 is 0 Å². The molecule has 2 amide bonds. The van der Waals surface area contributed by atoms with Crippen LogP contribution in [0.25, 0.3) is 10.6 Å². The highest BCUT2D eigenvalue weighted by molar-refractivity contribution is 7.13. The zero-order valence-electron chi connectivity index (χ0n) is 19.4. The molecule has 0 aliphatic carbocycles. The Labute approximate surface area is 204 Å². The Bertz CT molecular complexity index is 1080. The van der Waals surface area contributed by atoms with Crippen LogP contribution in [0.4, 0.5) is 5.69 Å². The number of piperazine rings is 1. The molecule has 0 radical (unpaired) electrons. The number of benzene rings is 2. The van der Waals surface area contributed by atoms with Crippen LogP contribution in [0.3, 0.4) is 0 Å². The van der Waals surface area contributed by atoms with Crippen LogP contribution < -0.4 is 15.0 Å². The number of anilines is 1. The van der Waals surface area contributed by atoms with Gasteiger partial charge in [0.25, 0.3) is 0 Å². The lowest BCUT2D eigenvalue weighted by molar-refractivity contribution is -0.131. The molecule has 0 unspecified atom stereocenters. The fourth-order valence-electron chi connectivity index (χ4n) is 3.93. The number of carbonyl (C=O) groups excluding carboxylic acids is 2. The molecule has 0 atom stereocenters. The van der Waals surface area contributed by atoms with Gasteiger partial charge in [0, 0.05) is 55.8 Å². The predicted octanol–water partition coefficient (Wildman–Crippen LogP) is 3.61. The first kappa shape index (κ1) is 23.8. The van der Waals surface area contributed by atoms with Crippen LogP contribution in [0.1, 0.15) is 19.0 Å². The van der Waals surface area contributed by atoms with Gasteiger partial charge < -0.3 is 19.9 Å². The van der Waals surface area contributed by atoms with Crippen LogP contribution in [0.2, 0.25) is 0 Å². The van der Waals surface area contributed by atoms with Gasteiger partial charge in [-0.25, -0.2) is 4.98 Å². The molecular weight excluding hydrogens is 448 g/mol. The van der Waals surface area contributed by atoms with Crippen LogP contribution in [-0.4, -0.2) is 61.0 Å². The van der Waals surface area contributed by atoms with Crippen molar-refractivity contribution in [1.82, 2.24) is 15.2 Å². The molecule has 1 saturated heterocycles. The highest BCUT2D eigenvalue weighted by Crippen LogP contribution is 2.26. The second kappa shape index (κ2) is 11.7. The summed E-state index contributed by atoms with van der Waals surface area (Å²) in [5.41, 5.74) is 2.92. The molecular formula is C26H30N4O3S. The van der Waals surface area contributed by atoms with Crippen molar-refractivity contribution in [2.24, 2.45) is 0 Å². The molecule has 34 heavy (non-hydrogen) atoms. The number of amides is 2.